The van der Waals surface area contributed by atoms with Crippen molar-refractivity contribution in [1.82, 2.24) is 4.98 Å². The Balaban J connectivity index is 2.02. The first-order valence-corrected chi connectivity index (χ1v) is 7.59. The molecule has 0 atom stereocenters. The quantitative estimate of drug-likeness (QED) is 0.566. The number of hydrogen-bond donors (Lipinski definition) is 1. The summed E-state index contributed by atoms with van der Waals surface area (Å²) in [4.78, 5) is 27.3. The van der Waals surface area contributed by atoms with Crippen LogP contribution in [0.4, 0.5) is 15.8 Å². The van der Waals surface area contributed by atoms with E-state index >= 15 is 0 Å². The van der Waals surface area contributed by atoms with Gasteiger partial charge in [-0.2, -0.15) is 0 Å². The second-order valence-corrected chi connectivity index (χ2v) is 5.57. The van der Waals surface area contributed by atoms with Crippen LogP contribution in [0.15, 0.2) is 42.5 Å². The van der Waals surface area contributed by atoms with E-state index in [1.165, 1.54) is 43.5 Å². The van der Waals surface area contributed by atoms with Gasteiger partial charge in [0.15, 0.2) is 0 Å². The number of pyridine rings is 1. The number of nitrogens with one attached hydrogen (secondary N) is 1. The number of anilines is 1. The normalized spacial score (nSPS) is 10.6. The average Bonchev–Trinajstić information content (AvgIpc) is 2.61. The van der Waals surface area contributed by atoms with Gasteiger partial charge in [-0.1, -0.05) is 0 Å². The van der Waals surface area contributed by atoms with Crippen LogP contribution >= 0.6 is 0 Å². The summed E-state index contributed by atoms with van der Waals surface area (Å²) < 4.78 is 18.7. The fraction of sp³-hybridized carbons (Fsp3) is 0.111. The third kappa shape index (κ3) is 3.30. The van der Waals surface area contributed by atoms with Gasteiger partial charge in [0.2, 0.25) is 0 Å². The summed E-state index contributed by atoms with van der Waals surface area (Å²) in [7, 11) is 1.34. The van der Waals surface area contributed by atoms with Crippen molar-refractivity contribution in [3.8, 4) is 5.75 Å². The molecule has 7 nitrogen and oxygen atoms in total. The van der Waals surface area contributed by atoms with Crippen molar-refractivity contribution >= 4 is 28.2 Å². The minimum atomic E-state index is -0.559. The van der Waals surface area contributed by atoms with Gasteiger partial charge in [0.1, 0.15) is 11.6 Å². The van der Waals surface area contributed by atoms with Crippen LogP contribution in [0.5, 0.6) is 5.75 Å². The summed E-state index contributed by atoms with van der Waals surface area (Å²) in [5, 5.41) is 13.9. The Morgan fingerprint density at radius 2 is 2.00 bits per heavy atom. The molecule has 1 heterocycles. The molecule has 0 saturated carbocycles. The van der Waals surface area contributed by atoms with Gasteiger partial charge >= 0.3 is 0 Å². The number of nitrogens with zero attached hydrogens (tertiary/aromatic N) is 2. The Kier molecular flexibility index (Phi) is 4.49. The maximum Gasteiger partial charge on any atom is 0.273 e. The van der Waals surface area contributed by atoms with Gasteiger partial charge < -0.3 is 10.1 Å². The maximum absolute atomic E-state index is 13.6. The van der Waals surface area contributed by atoms with Crippen LogP contribution < -0.4 is 10.1 Å². The van der Waals surface area contributed by atoms with Crippen molar-refractivity contribution in [3.63, 3.8) is 0 Å². The average molecular weight is 355 g/mol. The minimum Gasteiger partial charge on any atom is -0.494 e. The second-order valence-electron chi connectivity index (χ2n) is 5.57. The third-order valence-electron chi connectivity index (χ3n) is 3.79. The largest absolute Gasteiger partial charge is 0.494 e. The lowest BCUT2D eigenvalue weighted by atomic mass is 10.1. The van der Waals surface area contributed by atoms with Crippen LogP contribution in [-0.4, -0.2) is 22.9 Å². The number of aromatic nitrogens is 1. The molecule has 0 bridgehead atoms. The number of nitro benzene ring substituents is 1. The predicted octanol–water partition coefficient (Wildman–Crippen LogP) is 3.85. The minimum absolute atomic E-state index is 0.147. The van der Waals surface area contributed by atoms with Gasteiger partial charge in [-0.3, -0.25) is 19.9 Å². The van der Waals surface area contributed by atoms with Gasteiger partial charge in [0, 0.05) is 17.1 Å². The molecular weight excluding hydrogens is 341 g/mol. The summed E-state index contributed by atoms with van der Waals surface area (Å²) in [6.07, 6.45) is 0. The number of rotatable bonds is 4. The van der Waals surface area contributed by atoms with Crippen molar-refractivity contribution in [2.75, 3.05) is 12.4 Å². The Morgan fingerprint density at radius 1 is 1.23 bits per heavy atom. The molecule has 0 unspecified atom stereocenters. The number of halogens is 1. The standard InChI is InChI=1S/C18H14FN3O4/c1-10-7-14(13-8-11(19)3-5-15(13)20-10)18(23)21-16-6-4-12(22(24)25)9-17(16)26-2/h3-9H,1-2H3,(H,21,23). The van der Waals surface area contributed by atoms with E-state index in [1.807, 2.05) is 0 Å². The topological polar surface area (TPSA) is 94.4 Å². The van der Waals surface area contributed by atoms with Crippen LogP contribution in [0.25, 0.3) is 10.9 Å². The SMILES string of the molecule is COc1cc([N+](=O)[O-])ccc1NC(=O)c1cc(C)nc2ccc(F)cc12. The molecule has 0 aliphatic heterocycles. The van der Waals surface area contributed by atoms with Gasteiger partial charge in [-0.05, 0) is 37.3 Å². The van der Waals surface area contributed by atoms with Crippen molar-refractivity contribution < 1.29 is 18.8 Å². The molecule has 8 heteroatoms. The monoisotopic (exact) mass is 355 g/mol. The number of benzene rings is 2. The Labute approximate surface area is 147 Å². The molecule has 26 heavy (non-hydrogen) atoms. The van der Waals surface area contributed by atoms with Crippen molar-refractivity contribution in [2.45, 2.75) is 6.92 Å². The van der Waals surface area contributed by atoms with Gasteiger partial charge in [0.25, 0.3) is 11.6 Å². The molecular formula is C18H14FN3O4. The number of non-ortho nitro benzene ring substituents is 1. The van der Waals surface area contributed by atoms with Gasteiger partial charge in [-0.15, -0.1) is 0 Å². The molecule has 132 valence electrons. The highest BCUT2D eigenvalue weighted by Crippen LogP contribution is 2.30. The predicted molar refractivity (Wildman–Crippen MR) is 94.0 cm³/mol. The first-order chi connectivity index (χ1) is 12.4. The summed E-state index contributed by atoms with van der Waals surface area (Å²) in [6, 6.07) is 9.42. The lowest BCUT2D eigenvalue weighted by Gasteiger charge is -2.12. The van der Waals surface area contributed by atoms with E-state index in [9.17, 15) is 19.3 Å². The fourth-order valence-electron chi connectivity index (χ4n) is 2.60. The maximum atomic E-state index is 13.6. The number of methoxy groups -OCH3 is 1. The van der Waals surface area contributed by atoms with Crippen LogP contribution in [0, 0.1) is 22.9 Å². The molecule has 3 aromatic rings. The lowest BCUT2D eigenvalue weighted by molar-refractivity contribution is -0.384. The molecule has 1 N–H and O–H groups in total. The Hall–Kier alpha value is -3.55. The molecule has 1 aromatic heterocycles. The van der Waals surface area contributed by atoms with Crippen molar-refractivity contribution in [2.24, 2.45) is 0 Å². The van der Waals surface area contributed by atoms with E-state index in [0.29, 0.717) is 16.6 Å². The number of aryl methyl sites for hydroxylation is 1. The molecule has 1 amide bonds. The summed E-state index contributed by atoms with van der Waals surface area (Å²) in [5.41, 5.74) is 1.44. The first kappa shape index (κ1) is 17.3. The van der Waals surface area contributed by atoms with Crippen LogP contribution in [0.2, 0.25) is 0 Å². The highest BCUT2D eigenvalue weighted by Gasteiger charge is 2.17. The van der Waals surface area contributed by atoms with Crippen LogP contribution in [0.1, 0.15) is 16.1 Å². The van der Waals surface area contributed by atoms with Crippen molar-refractivity contribution in [3.05, 3.63) is 69.7 Å². The van der Waals surface area contributed by atoms with Crippen molar-refractivity contribution in [1.29, 1.82) is 0 Å². The highest BCUT2D eigenvalue weighted by molar-refractivity contribution is 6.12. The smallest absolute Gasteiger partial charge is 0.273 e. The van der Waals surface area contributed by atoms with Gasteiger partial charge in [-0.25, -0.2) is 4.39 Å². The second kappa shape index (κ2) is 6.75. The molecule has 3 rings (SSSR count). The third-order valence-corrected chi connectivity index (χ3v) is 3.79. The summed E-state index contributed by atoms with van der Waals surface area (Å²) >= 11 is 0. The summed E-state index contributed by atoms with van der Waals surface area (Å²) in [5.74, 6) is -0.836. The van der Waals surface area contributed by atoms with E-state index < -0.39 is 16.6 Å². The molecule has 0 radical (unpaired) electrons. The number of carbonyl (C=O) groups is 1. The molecule has 2 aromatic carbocycles. The number of nitro groups is 1. The molecule has 0 saturated heterocycles. The Morgan fingerprint density at radius 3 is 2.69 bits per heavy atom. The molecule has 0 aliphatic rings. The number of fused-ring (bicyclic) bond motifs is 1. The first-order valence-electron chi connectivity index (χ1n) is 7.59. The molecule has 0 aliphatic carbocycles. The van der Waals surface area contributed by atoms with Gasteiger partial charge in [0.05, 0.1) is 34.9 Å². The fourth-order valence-corrected chi connectivity index (χ4v) is 2.60. The van der Waals surface area contributed by atoms with E-state index in [1.54, 1.807) is 13.0 Å². The number of ether oxygens (including phenoxy) is 1. The zero-order valence-electron chi connectivity index (χ0n) is 13.9. The molecule has 0 spiro atoms. The van der Waals surface area contributed by atoms with E-state index in [2.05, 4.69) is 10.3 Å². The van der Waals surface area contributed by atoms with Crippen LogP contribution in [-0.2, 0) is 0 Å². The summed E-state index contributed by atoms with van der Waals surface area (Å²) in [6.45, 7) is 1.73. The number of hydrogen-bond acceptors (Lipinski definition) is 5. The van der Waals surface area contributed by atoms with E-state index in [0.717, 1.165) is 0 Å². The van der Waals surface area contributed by atoms with E-state index in [4.69, 9.17) is 4.74 Å². The Bertz CT molecular complexity index is 1040. The number of amides is 1. The lowest BCUT2D eigenvalue weighted by Crippen LogP contribution is -2.14. The van der Waals surface area contributed by atoms with E-state index in [-0.39, 0.29) is 22.7 Å². The zero-order valence-corrected chi connectivity index (χ0v) is 13.9. The highest BCUT2D eigenvalue weighted by atomic mass is 19.1. The number of carbonyl (C=O) groups excluding carboxylic acids is 1. The van der Waals surface area contributed by atoms with Crippen LogP contribution in [0.3, 0.4) is 0 Å². The molecule has 0 fully saturated rings. The zero-order chi connectivity index (χ0) is 18.8.